The van der Waals surface area contributed by atoms with Crippen molar-refractivity contribution in [3.05, 3.63) is 46.5 Å². The number of carbonyl (C=O) groups excluding carboxylic acids is 1. The largest absolute Gasteiger partial charge is 0.419 e. The number of H-pyrrole nitrogens is 1. The zero-order valence-corrected chi connectivity index (χ0v) is 11.1. The average molecular weight is 301 g/mol. The lowest BCUT2D eigenvalue weighted by Crippen LogP contribution is -2.16. The molecule has 2 N–H and O–H groups in total. The molecule has 1 aromatic heterocycles. The van der Waals surface area contributed by atoms with E-state index in [-0.39, 0.29) is 5.56 Å². The van der Waals surface area contributed by atoms with Crippen molar-refractivity contribution in [1.29, 1.82) is 0 Å². The van der Waals surface area contributed by atoms with Gasteiger partial charge in [-0.25, -0.2) is 4.39 Å². The maximum atomic E-state index is 13.2. The molecule has 0 saturated heterocycles. The summed E-state index contributed by atoms with van der Waals surface area (Å²) in [5.41, 5.74) is -0.310. The molecule has 2 rings (SSSR count). The Kier molecular flexibility index (Phi) is 3.71. The van der Waals surface area contributed by atoms with Crippen LogP contribution in [0.1, 0.15) is 27.3 Å². The number of amides is 1. The van der Waals surface area contributed by atoms with Crippen molar-refractivity contribution in [3.63, 3.8) is 0 Å². The number of hydrogen-bond acceptors (Lipinski definition) is 2. The second kappa shape index (κ2) is 5.19. The Hall–Kier alpha value is -2.38. The van der Waals surface area contributed by atoms with Crippen LogP contribution in [0.15, 0.2) is 18.2 Å². The van der Waals surface area contributed by atoms with Crippen molar-refractivity contribution in [1.82, 2.24) is 10.2 Å². The molecular weight excluding hydrogens is 290 g/mol. The molecule has 1 amide bonds. The molecule has 0 aliphatic rings. The van der Waals surface area contributed by atoms with Crippen LogP contribution in [-0.4, -0.2) is 16.1 Å². The first-order valence-corrected chi connectivity index (χ1v) is 5.90. The number of nitrogens with zero attached hydrogens (tertiary/aromatic N) is 1. The van der Waals surface area contributed by atoms with Crippen LogP contribution in [0.3, 0.4) is 0 Å². The quantitative estimate of drug-likeness (QED) is 0.835. The summed E-state index contributed by atoms with van der Waals surface area (Å²) in [5, 5.41) is 8.94. The summed E-state index contributed by atoms with van der Waals surface area (Å²) in [6, 6.07) is 2.09. The minimum absolute atomic E-state index is 0.288. The first-order valence-electron chi connectivity index (χ1n) is 5.90. The number of carbonyl (C=O) groups is 1. The maximum absolute atomic E-state index is 13.2. The zero-order chi connectivity index (χ0) is 15.8. The van der Waals surface area contributed by atoms with Crippen LogP contribution in [0.4, 0.5) is 23.2 Å². The van der Waals surface area contributed by atoms with Crippen LogP contribution in [0.2, 0.25) is 0 Å². The maximum Gasteiger partial charge on any atom is 0.419 e. The van der Waals surface area contributed by atoms with E-state index in [0.717, 1.165) is 6.07 Å². The number of rotatable bonds is 2. The van der Waals surface area contributed by atoms with Gasteiger partial charge in [0.15, 0.2) is 0 Å². The van der Waals surface area contributed by atoms with Crippen molar-refractivity contribution >= 4 is 11.6 Å². The van der Waals surface area contributed by atoms with E-state index in [1.54, 1.807) is 13.8 Å². The standard InChI is InChI=1S/C13H11F4N3O/c1-6-11(7(2)20-19-6)18-12(21)8-3-4-10(14)9(5-8)13(15,16)17/h3-5H,1-2H3,(H,18,21)(H,19,20). The van der Waals surface area contributed by atoms with Crippen LogP contribution in [-0.2, 0) is 6.18 Å². The number of aromatic nitrogens is 2. The Morgan fingerprint density at radius 1 is 1.29 bits per heavy atom. The molecule has 0 bridgehead atoms. The van der Waals surface area contributed by atoms with E-state index in [1.165, 1.54) is 0 Å². The molecule has 8 heteroatoms. The topological polar surface area (TPSA) is 57.8 Å². The van der Waals surface area contributed by atoms with Gasteiger partial charge in [0.05, 0.1) is 22.6 Å². The van der Waals surface area contributed by atoms with Gasteiger partial charge >= 0.3 is 6.18 Å². The molecule has 0 spiro atoms. The van der Waals surface area contributed by atoms with Crippen LogP contribution >= 0.6 is 0 Å². The summed E-state index contributed by atoms with van der Waals surface area (Å²) in [6.45, 7) is 3.28. The number of aryl methyl sites for hydroxylation is 2. The van der Waals surface area contributed by atoms with Gasteiger partial charge < -0.3 is 5.32 Å². The second-order valence-corrected chi connectivity index (χ2v) is 4.46. The Morgan fingerprint density at radius 3 is 2.48 bits per heavy atom. The van der Waals surface area contributed by atoms with Crippen molar-refractivity contribution < 1.29 is 22.4 Å². The number of nitrogens with one attached hydrogen (secondary N) is 2. The first kappa shape index (κ1) is 15.0. The molecule has 0 unspecified atom stereocenters. The van der Waals surface area contributed by atoms with Crippen LogP contribution in [0.5, 0.6) is 0 Å². The number of halogens is 4. The number of alkyl halides is 3. The van der Waals surface area contributed by atoms with Gasteiger partial charge in [0.2, 0.25) is 0 Å². The molecule has 0 radical (unpaired) electrons. The van der Waals surface area contributed by atoms with Gasteiger partial charge in [-0.3, -0.25) is 9.89 Å². The van der Waals surface area contributed by atoms with Gasteiger partial charge in [0.1, 0.15) is 5.82 Å². The third-order valence-electron chi connectivity index (χ3n) is 2.90. The Morgan fingerprint density at radius 2 is 1.95 bits per heavy atom. The summed E-state index contributed by atoms with van der Waals surface area (Å²) in [7, 11) is 0. The van der Waals surface area contributed by atoms with Gasteiger partial charge in [-0.05, 0) is 32.0 Å². The highest BCUT2D eigenvalue weighted by Crippen LogP contribution is 2.32. The van der Waals surface area contributed by atoms with Crippen molar-refractivity contribution in [2.24, 2.45) is 0 Å². The molecule has 0 aliphatic carbocycles. The third-order valence-corrected chi connectivity index (χ3v) is 2.90. The summed E-state index contributed by atoms with van der Waals surface area (Å²) >= 11 is 0. The van der Waals surface area contributed by atoms with E-state index >= 15 is 0 Å². The number of anilines is 1. The van der Waals surface area contributed by atoms with E-state index in [2.05, 4.69) is 15.5 Å². The molecule has 4 nitrogen and oxygen atoms in total. The molecule has 0 aliphatic heterocycles. The van der Waals surface area contributed by atoms with Crippen LogP contribution < -0.4 is 5.32 Å². The Bertz CT molecular complexity index is 672. The zero-order valence-electron chi connectivity index (χ0n) is 11.1. The van der Waals surface area contributed by atoms with Crippen molar-refractivity contribution in [3.8, 4) is 0 Å². The lowest BCUT2D eigenvalue weighted by atomic mass is 10.1. The molecule has 1 aromatic carbocycles. The molecule has 0 atom stereocenters. The minimum atomic E-state index is -4.86. The van der Waals surface area contributed by atoms with Gasteiger partial charge in [0, 0.05) is 5.56 Å². The van der Waals surface area contributed by atoms with Gasteiger partial charge in [-0.1, -0.05) is 0 Å². The van der Waals surface area contributed by atoms with Gasteiger partial charge in [-0.15, -0.1) is 0 Å². The number of benzene rings is 1. The van der Waals surface area contributed by atoms with Gasteiger partial charge in [0.25, 0.3) is 5.91 Å². The average Bonchev–Trinajstić information content (AvgIpc) is 2.69. The van der Waals surface area contributed by atoms with Crippen molar-refractivity contribution in [2.45, 2.75) is 20.0 Å². The number of aromatic amines is 1. The smallest absolute Gasteiger partial charge is 0.319 e. The highest BCUT2D eigenvalue weighted by molar-refractivity contribution is 6.05. The highest BCUT2D eigenvalue weighted by atomic mass is 19.4. The van der Waals surface area contributed by atoms with E-state index in [0.29, 0.717) is 29.2 Å². The van der Waals surface area contributed by atoms with Crippen LogP contribution in [0.25, 0.3) is 0 Å². The summed E-state index contributed by atoms with van der Waals surface area (Å²) in [6.07, 6.45) is -4.86. The fourth-order valence-electron chi connectivity index (χ4n) is 1.80. The fourth-order valence-corrected chi connectivity index (χ4v) is 1.80. The third kappa shape index (κ3) is 3.04. The molecule has 2 aromatic rings. The monoisotopic (exact) mass is 301 g/mol. The molecule has 21 heavy (non-hydrogen) atoms. The predicted molar refractivity (Wildman–Crippen MR) is 67.4 cm³/mol. The Labute approximate surface area is 117 Å². The molecule has 112 valence electrons. The molecule has 1 heterocycles. The number of hydrogen-bond donors (Lipinski definition) is 2. The fraction of sp³-hybridized carbons (Fsp3) is 0.231. The lowest BCUT2D eigenvalue weighted by Gasteiger charge is -2.10. The summed E-state index contributed by atoms with van der Waals surface area (Å²) < 4.78 is 51.0. The normalized spacial score (nSPS) is 11.5. The minimum Gasteiger partial charge on any atom is -0.319 e. The lowest BCUT2D eigenvalue weighted by molar-refractivity contribution is -0.140. The summed E-state index contributed by atoms with van der Waals surface area (Å²) in [5.74, 6) is -2.19. The second-order valence-electron chi connectivity index (χ2n) is 4.46. The molecule has 0 fully saturated rings. The Balaban J connectivity index is 2.33. The highest BCUT2D eigenvalue weighted by Gasteiger charge is 2.34. The SMILES string of the molecule is Cc1n[nH]c(C)c1NC(=O)c1ccc(F)c(C(F)(F)F)c1. The van der Waals surface area contributed by atoms with E-state index in [4.69, 9.17) is 0 Å². The van der Waals surface area contributed by atoms with Crippen molar-refractivity contribution in [2.75, 3.05) is 5.32 Å². The predicted octanol–water partition coefficient (Wildman–Crippen LogP) is 3.44. The van der Waals surface area contributed by atoms with E-state index in [1.807, 2.05) is 0 Å². The molecular formula is C13H11F4N3O. The van der Waals surface area contributed by atoms with Gasteiger partial charge in [-0.2, -0.15) is 18.3 Å². The molecule has 0 saturated carbocycles. The summed E-state index contributed by atoms with van der Waals surface area (Å²) in [4.78, 5) is 12.0. The first-order chi connectivity index (χ1) is 9.70. The van der Waals surface area contributed by atoms with E-state index < -0.39 is 23.5 Å². The van der Waals surface area contributed by atoms with Crippen LogP contribution in [0, 0.1) is 19.7 Å². The van der Waals surface area contributed by atoms with E-state index in [9.17, 15) is 22.4 Å².